The molecular formula is C17H26FNO2S. The Morgan fingerprint density at radius 2 is 1.91 bits per heavy atom. The molecule has 1 aromatic rings. The first kappa shape index (κ1) is 17.4. The van der Waals surface area contributed by atoms with E-state index in [1.54, 1.807) is 0 Å². The van der Waals surface area contributed by atoms with Gasteiger partial charge in [-0.05, 0) is 48.4 Å². The SMILES string of the molecule is CC(C)(C)C[C@H](NC[C@H]1CCS(=O)(=O)C1)c1ccc(F)cc1. The molecule has 0 aromatic heterocycles. The molecule has 0 aliphatic carbocycles. The first-order chi connectivity index (χ1) is 10.1. The van der Waals surface area contributed by atoms with Crippen LogP contribution in [0.15, 0.2) is 24.3 Å². The van der Waals surface area contributed by atoms with Crippen molar-refractivity contribution in [1.29, 1.82) is 0 Å². The smallest absolute Gasteiger partial charge is 0.150 e. The second-order valence-electron chi connectivity index (χ2n) is 7.55. The van der Waals surface area contributed by atoms with Crippen LogP contribution in [0, 0.1) is 17.2 Å². The lowest BCUT2D eigenvalue weighted by Gasteiger charge is -2.28. The number of benzene rings is 1. The minimum atomic E-state index is -2.84. The lowest BCUT2D eigenvalue weighted by Crippen LogP contribution is -2.30. The highest BCUT2D eigenvalue weighted by atomic mass is 32.2. The molecule has 2 atom stereocenters. The molecule has 124 valence electrons. The largest absolute Gasteiger partial charge is 0.310 e. The Labute approximate surface area is 133 Å². The van der Waals surface area contributed by atoms with Gasteiger partial charge >= 0.3 is 0 Å². The van der Waals surface area contributed by atoms with E-state index >= 15 is 0 Å². The Hall–Kier alpha value is -0.940. The second kappa shape index (κ2) is 6.67. The van der Waals surface area contributed by atoms with Crippen LogP contribution in [0.4, 0.5) is 4.39 Å². The fourth-order valence-corrected chi connectivity index (χ4v) is 4.82. The second-order valence-corrected chi connectivity index (χ2v) is 9.77. The van der Waals surface area contributed by atoms with Gasteiger partial charge in [-0.15, -0.1) is 0 Å². The summed E-state index contributed by atoms with van der Waals surface area (Å²) in [7, 11) is -2.84. The molecule has 2 rings (SSSR count). The van der Waals surface area contributed by atoms with Crippen molar-refractivity contribution >= 4 is 9.84 Å². The van der Waals surface area contributed by atoms with Gasteiger partial charge in [-0.1, -0.05) is 32.9 Å². The summed E-state index contributed by atoms with van der Waals surface area (Å²) in [6, 6.07) is 6.69. The highest BCUT2D eigenvalue weighted by Gasteiger charge is 2.29. The van der Waals surface area contributed by atoms with E-state index in [1.165, 1.54) is 12.1 Å². The van der Waals surface area contributed by atoms with Crippen molar-refractivity contribution in [2.45, 2.75) is 39.7 Å². The predicted octanol–water partition coefficient (Wildman–Crippen LogP) is 3.33. The average molecular weight is 327 g/mol. The van der Waals surface area contributed by atoms with Crippen molar-refractivity contribution in [2.24, 2.45) is 11.3 Å². The first-order valence-corrected chi connectivity index (χ1v) is 9.66. The average Bonchev–Trinajstić information content (AvgIpc) is 2.74. The molecule has 0 unspecified atom stereocenters. The van der Waals surface area contributed by atoms with Crippen molar-refractivity contribution in [1.82, 2.24) is 5.32 Å². The zero-order valence-electron chi connectivity index (χ0n) is 13.6. The molecule has 1 fully saturated rings. The third-order valence-corrected chi connectivity index (χ3v) is 5.91. The summed E-state index contributed by atoms with van der Waals surface area (Å²) in [5.41, 5.74) is 1.19. The lowest BCUT2D eigenvalue weighted by molar-refractivity contribution is 0.303. The lowest BCUT2D eigenvalue weighted by atomic mass is 9.85. The van der Waals surface area contributed by atoms with Crippen LogP contribution >= 0.6 is 0 Å². The van der Waals surface area contributed by atoms with Gasteiger partial charge in [-0.2, -0.15) is 0 Å². The van der Waals surface area contributed by atoms with E-state index in [4.69, 9.17) is 0 Å². The number of sulfone groups is 1. The van der Waals surface area contributed by atoms with Gasteiger partial charge in [0, 0.05) is 6.04 Å². The molecule has 1 aromatic carbocycles. The Morgan fingerprint density at radius 1 is 1.27 bits per heavy atom. The normalized spacial score (nSPS) is 22.6. The number of rotatable bonds is 5. The summed E-state index contributed by atoms with van der Waals surface area (Å²) < 4.78 is 36.2. The van der Waals surface area contributed by atoms with E-state index in [9.17, 15) is 12.8 Å². The molecule has 22 heavy (non-hydrogen) atoms. The maximum Gasteiger partial charge on any atom is 0.150 e. The van der Waals surface area contributed by atoms with Crippen LogP contribution in [-0.4, -0.2) is 26.5 Å². The third kappa shape index (κ3) is 5.36. The maximum absolute atomic E-state index is 13.1. The van der Waals surface area contributed by atoms with Crippen LogP contribution in [0.5, 0.6) is 0 Å². The summed E-state index contributed by atoms with van der Waals surface area (Å²) >= 11 is 0. The molecule has 5 heteroatoms. The van der Waals surface area contributed by atoms with Crippen LogP contribution in [0.25, 0.3) is 0 Å². The van der Waals surface area contributed by atoms with Gasteiger partial charge in [0.05, 0.1) is 11.5 Å². The van der Waals surface area contributed by atoms with Gasteiger partial charge in [-0.25, -0.2) is 12.8 Å². The molecule has 1 aliphatic rings. The summed E-state index contributed by atoms with van der Waals surface area (Å²) in [6.07, 6.45) is 1.65. The minimum absolute atomic E-state index is 0.115. The number of hydrogen-bond acceptors (Lipinski definition) is 3. The van der Waals surface area contributed by atoms with E-state index in [2.05, 4.69) is 26.1 Å². The molecule has 0 spiro atoms. The van der Waals surface area contributed by atoms with Crippen LogP contribution in [0.1, 0.15) is 45.2 Å². The van der Waals surface area contributed by atoms with Crippen molar-refractivity contribution in [2.75, 3.05) is 18.1 Å². The molecular weight excluding hydrogens is 301 g/mol. The van der Waals surface area contributed by atoms with E-state index in [0.29, 0.717) is 12.3 Å². The highest BCUT2D eigenvalue weighted by molar-refractivity contribution is 7.91. The Bertz CT molecular complexity index is 590. The Morgan fingerprint density at radius 3 is 2.41 bits per heavy atom. The topological polar surface area (TPSA) is 46.2 Å². The van der Waals surface area contributed by atoms with Gasteiger partial charge in [-0.3, -0.25) is 0 Å². The van der Waals surface area contributed by atoms with Crippen molar-refractivity contribution < 1.29 is 12.8 Å². The van der Waals surface area contributed by atoms with E-state index < -0.39 is 9.84 Å². The molecule has 0 amide bonds. The van der Waals surface area contributed by atoms with E-state index in [-0.39, 0.29) is 28.9 Å². The molecule has 1 saturated heterocycles. The minimum Gasteiger partial charge on any atom is -0.310 e. The van der Waals surface area contributed by atoms with Crippen molar-refractivity contribution in [3.63, 3.8) is 0 Å². The Balaban J connectivity index is 2.03. The van der Waals surface area contributed by atoms with Crippen LogP contribution < -0.4 is 5.32 Å². The molecule has 1 aliphatic heterocycles. The molecule has 1 N–H and O–H groups in total. The van der Waals surface area contributed by atoms with E-state index in [0.717, 1.165) is 18.4 Å². The molecule has 0 radical (unpaired) electrons. The van der Waals surface area contributed by atoms with Gasteiger partial charge in [0.2, 0.25) is 0 Å². The summed E-state index contributed by atoms with van der Waals surface area (Å²) in [6.45, 7) is 7.21. The summed E-state index contributed by atoms with van der Waals surface area (Å²) in [4.78, 5) is 0. The van der Waals surface area contributed by atoms with Gasteiger partial charge < -0.3 is 5.32 Å². The van der Waals surface area contributed by atoms with E-state index in [1.807, 2.05) is 12.1 Å². The molecule has 0 bridgehead atoms. The maximum atomic E-state index is 13.1. The fraction of sp³-hybridized carbons (Fsp3) is 0.647. The summed E-state index contributed by atoms with van der Waals surface area (Å²) in [5, 5.41) is 3.50. The van der Waals surface area contributed by atoms with Crippen LogP contribution in [0.3, 0.4) is 0 Å². The number of nitrogens with one attached hydrogen (secondary N) is 1. The number of halogens is 1. The fourth-order valence-electron chi connectivity index (χ4n) is 2.96. The first-order valence-electron chi connectivity index (χ1n) is 7.84. The van der Waals surface area contributed by atoms with Gasteiger partial charge in [0.25, 0.3) is 0 Å². The number of hydrogen-bond donors (Lipinski definition) is 1. The standard InChI is InChI=1S/C17H26FNO2S/c1-17(2,3)10-16(14-4-6-15(18)7-5-14)19-11-13-8-9-22(20,21)12-13/h4-7,13,16,19H,8-12H2,1-3H3/t13-,16+/m1/s1. The quantitative estimate of drug-likeness (QED) is 0.902. The summed E-state index contributed by atoms with van der Waals surface area (Å²) in [5.74, 6) is 0.541. The monoisotopic (exact) mass is 327 g/mol. The highest BCUT2D eigenvalue weighted by Crippen LogP contribution is 2.30. The van der Waals surface area contributed by atoms with Crippen molar-refractivity contribution in [3.8, 4) is 0 Å². The zero-order valence-corrected chi connectivity index (χ0v) is 14.4. The van der Waals surface area contributed by atoms with Crippen LogP contribution in [-0.2, 0) is 9.84 Å². The molecule has 3 nitrogen and oxygen atoms in total. The van der Waals surface area contributed by atoms with Gasteiger partial charge in [0.15, 0.2) is 9.84 Å². The Kier molecular flexibility index (Phi) is 5.28. The van der Waals surface area contributed by atoms with Crippen molar-refractivity contribution in [3.05, 3.63) is 35.6 Å². The molecule has 0 saturated carbocycles. The zero-order chi connectivity index (χ0) is 16.4. The van der Waals surface area contributed by atoms with Crippen LogP contribution in [0.2, 0.25) is 0 Å². The van der Waals surface area contributed by atoms with Gasteiger partial charge in [0.1, 0.15) is 5.82 Å². The molecule has 1 heterocycles. The predicted molar refractivity (Wildman–Crippen MR) is 88.0 cm³/mol. The third-order valence-electron chi connectivity index (χ3n) is 4.07.